The van der Waals surface area contributed by atoms with Gasteiger partial charge in [0.25, 0.3) is 0 Å². The normalized spacial score (nSPS) is 21.1. The summed E-state index contributed by atoms with van der Waals surface area (Å²) in [6, 6.07) is 8.07. The number of hydrogen-bond donors (Lipinski definition) is 2. The third kappa shape index (κ3) is 5.18. The van der Waals surface area contributed by atoms with E-state index >= 15 is 0 Å². The lowest BCUT2D eigenvalue weighted by Gasteiger charge is -2.42. The number of nitrogens with zero attached hydrogens (tertiary/aromatic N) is 4. The molecule has 168 valence electrons. The van der Waals surface area contributed by atoms with Crippen molar-refractivity contribution >= 4 is 33.3 Å². The highest BCUT2D eigenvalue weighted by molar-refractivity contribution is 7.89. The van der Waals surface area contributed by atoms with E-state index in [4.69, 9.17) is 11.6 Å². The molecular weight excluding hydrogens is 438 g/mol. The van der Waals surface area contributed by atoms with Crippen LogP contribution in [0, 0.1) is 0 Å². The van der Waals surface area contributed by atoms with Gasteiger partial charge < -0.3 is 14.9 Å². The van der Waals surface area contributed by atoms with Gasteiger partial charge in [-0.25, -0.2) is 18.4 Å². The van der Waals surface area contributed by atoms with E-state index in [-0.39, 0.29) is 4.90 Å². The molecule has 8 nitrogen and oxygen atoms in total. The number of aromatic nitrogens is 2. The quantitative estimate of drug-likeness (QED) is 0.502. The Hall–Kier alpha value is -1.78. The van der Waals surface area contributed by atoms with Crippen LogP contribution >= 0.6 is 11.6 Å². The Kier molecular flexibility index (Phi) is 6.24. The number of likely N-dealkylation sites (N-methyl/N-ethyl adjacent to an activating group) is 1. The SMILES string of the molecule is C[N+]1(CC2(O)CCN(S(=O)(=O)c3ccc(Nc4nccc(Cl)n4)cc3)CC2)CCCC1. The number of nitrogens with one attached hydrogen (secondary N) is 1. The molecule has 0 unspecified atom stereocenters. The molecule has 0 saturated carbocycles. The Morgan fingerprint density at radius 1 is 1.16 bits per heavy atom. The number of quaternary nitrogens is 1. The molecule has 2 saturated heterocycles. The fraction of sp³-hybridized carbons (Fsp3) is 0.524. The van der Waals surface area contributed by atoms with Gasteiger partial charge in [0.2, 0.25) is 16.0 Å². The summed E-state index contributed by atoms with van der Waals surface area (Å²) in [5.41, 5.74) is -0.132. The molecule has 10 heteroatoms. The Labute approximate surface area is 188 Å². The summed E-state index contributed by atoms with van der Waals surface area (Å²) in [6.45, 7) is 3.53. The highest BCUT2D eigenvalue weighted by Gasteiger charge is 2.43. The molecule has 0 aliphatic carbocycles. The lowest BCUT2D eigenvalue weighted by molar-refractivity contribution is -0.904. The zero-order valence-electron chi connectivity index (χ0n) is 17.7. The molecule has 4 rings (SSSR count). The predicted octanol–water partition coefficient (Wildman–Crippen LogP) is 2.63. The number of benzene rings is 1. The zero-order chi connectivity index (χ0) is 22.1. The van der Waals surface area contributed by atoms with Crippen molar-refractivity contribution in [3.63, 3.8) is 0 Å². The first kappa shape index (κ1) is 22.4. The fourth-order valence-corrected chi connectivity index (χ4v) is 6.23. The molecule has 0 bridgehead atoms. The summed E-state index contributed by atoms with van der Waals surface area (Å²) in [5, 5.41) is 14.4. The van der Waals surface area contributed by atoms with Crippen molar-refractivity contribution in [3.05, 3.63) is 41.7 Å². The molecule has 2 N–H and O–H groups in total. The van der Waals surface area contributed by atoms with Gasteiger partial charge in [-0.15, -0.1) is 0 Å². The van der Waals surface area contributed by atoms with Crippen LogP contribution in [-0.2, 0) is 10.0 Å². The molecule has 0 atom stereocenters. The van der Waals surface area contributed by atoms with E-state index < -0.39 is 15.6 Å². The minimum Gasteiger partial charge on any atom is -0.384 e. The lowest BCUT2D eigenvalue weighted by Crippen LogP contribution is -2.57. The van der Waals surface area contributed by atoms with E-state index in [1.165, 1.54) is 17.1 Å². The number of sulfonamides is 1. The van der Waals surface area contributed by atoms with Crippen LogP contribution in [0.3, 0.4) is 0 Å². The van der Waals surface area contributed by atoms with E-state index in [1.54, 1.807) is 36.5 Å². The number of anilines is 2. The molecule has 0 radical (unpaired) electrons. The van der Waals surface area contributed by atoms with Gasteiger partial charge in [0.15, 0.2) is 0 Å². The first-order valence-electron chi connectivity index (χ1n) is 10.6. The molecule has 3 heterocycles. The number of piperidine rings is 1. The van der Waals surface area contributed by atoms with Crippen molar-refractivity contribution in [2.75, 3.05) is 45.1 Å². The number of rotatable bonds is 6. The van der Waals surface area contributed by atoms with E-state index in [0.29, 0.717) is 49.3 Å². The Balaban J connectivity index is 1.39. The van der Waals surface area contributed by atoms with Crippen LogP contribution in [0.4, 0.5) is 11.6 Å². The average Bonchev–Trinajstić information content (AvgIpc) is 3.14. The maximum absolute atomic E-state index is 13.1. The largest absolute Gasteiger partial charge is 0.384 e. The van der Waals surface area contributed by atoms with Gasteiger partial charge in [0, 0.05) is 37.8 Å². The molecule has 0 spiro atoms. The van der Waals surface area contributed by atoms with Crippen LogP contribution in [0.25, 0.3) is 0 Å². The number of aliphatic hydroxyl groups is 1. The van der Waals surface area contributed by atoms with Crippen molar-refractivity contribution in [1.82, 2.24) is 14.3 Å². The summed E-state index contributed by atoms with van der Waals surface area (Å²) in [7, 11) is -1.42. The van der Waals surface area contributed by atoms with E-state index in [1.807, 2.05) is 0 Å². The third-order valence-corrected chi connectivity index (χ3v) is 8.47. The maximum Gasteiger partial charge on any atom is 0.243 e. The second-order valence-electron chi connectivity index (χ2n) is 8.91. The minimum atomic E-state index is -3.61. The summed E-state index contributed by atoms with van der Waals surface area (Å²) >= 11 is 5.86. The molecule has 0 amide bonds. The summed E-state index contributed by atoms with van der Waals surface area (Å²) in [4.78, 5) is 8.37. The van der Waals surface area contributed by atoms with Crippen molar-refractivity contribution in [2.45, 2.75) is 36.2 Å². The van der Waals surface area contributed by atoms with Gasteiger partial charge in [0.1, 0.15) is 17.3 Å². The number of halogens is 1. The molecule has 2 aliphatic heterocycles. The van der Waals surface area contributed by atoms with Crippen molar-refractivity contribution in [2.24, 2.45) is 0 Å². The van der Waals surface area contributed by atoms with Gasteiger partial charge in [0.05, 0.1) is 25.0 Å². The first-order chi connectivity index (χ1) is 14.7. The maximum atomic E-state index is 13.1. The second kappa shape index (κ2) is 8.63. The Bertz CT molecular complexity index is 1020. The van der Waals surface area contributed by atoms with Gasteiger partial charge in [-0.05, 0) is 43.2 Å². The second-order valence-corrected chi connectivity index (χ2v) is 11.2. The summed E-state index contributed by atoms with van der Waals surface area (Å²) in [6.07, 6.45) is 4.86. The molecular formula is C21H29ClN5O3S+. The highest BCUT2D eigenvalue weighted by Crippen LogP contribution is 2.31. The average molecular weight is 467 g/mol. The zero-order valence-corrected chi connectivity index (χ0v) is 19.2. The van der Waals surface area contributed by atoms with Gasteiger partial charge >= 0.3 is 0 Å². The van der Waals surface area contributed by atoms with E-state index in [0.717, 1.165) is 17.6 Å². The predicted molar refractivity (Wildman–Crippen MR) is 120 cm³/mol. The fourth-order valence-electron chi connectivity index (χ4n) is 4.65. The molecule has 2 aromatic rings. The van der Waals surface area contributed by atoms with Gasteiger partial charge in [-0.2, -0.15) is 4.31 Å². The standard InChI is InChI=1S/C21H29ClN5O3S/c1-27(14-2-3-15-27)16-21(28)9-12-26(13-10-21)31(29,30)18-6-4-17(5-7-18)24-20-23-11-8-19(22)25-20/h4-8,11,28H,2-3,9-10,12-16H2,1H3,(H,23,24,25)/q+1. The van der Waals surface area contributed by atoms with Crippen LogP contribution in [0.15, 0.2) is 41.4 Å². The molecule has 1 aromatic carbocycles. The molecule has 2 fully saturated rings. The van der Waals surface area contributed by atoms with Crippen molar-refractivity contribution in [1.29, 1.82) is 0 Å². The molecule has 2 aliphatic rings. The highest BCUT2D eigenvalue weighted by atomic mass is 35.5. The Morgan fingerprint density at radius 3 is 2.42 bits per heavy atom. The number of hydrogen-bond acceptors (Lipinski definition) is 6. The van der Waals surface area contributed by atoms with E-state index in [9.17, 15) is 13.5 Å². The number of likely N-dealkylation sites (tertiary alicyclic amines) is 1. The van der Waals surface area contributed by atoms with Gasteiger partial charge in [-0.3, -0.25) is 0 Å². The summed E-state index contributed by atoms with van der Waals surface area (Å²) in [5.74, 6) is 0.341. The van der Waals surface area contributed by atoms with Crippen molar-refractivity contribution in [3.8, 4) is 0 Å². The van der Waals surface area contributed by atoms with Crippen LogP contribution in [-0.4, -0.2) is 77.7 Å². The first-order valence-corrected chi connectivity index (χ1v) is 12.4. The van der Waals surface area contributed by atoms with E-state index in [2.05, 4.69) is 22.3 Å². The summed E-state index contributed by atoms with van der Waals surface area (Å²) < 4.78 is 28.6. The van der Waals surface area contributed by atoms with Crippen LogP contribution in [0.1, 0.15) is 25.7 Å². The lowest BCUT2D eigenvalue weighted by atomic mass is 9.91. The van der Waals surface area contributed by atoms with Gasteiger partial charge in [-0.1, -0.05) is 11.6 Å². The monoisotopic (exact) mass is 466 g/mol. The van der Waals surface area contributed by atoms with Crippen LogP contribution in [0.5, 0.6) is 0 Å². The molecule has 31 heavy (non-hydrogen) atoms. The smallest absolute Gasteiger partial charge is 0.243 e. The third-order valence-electron chi connectivity index (χ3n) is 6.34. The van der Waals surface area contributed by atoms with Crippen LogP contribution in [0.2, 0.25) is 5.15 Å². The minimum absolute atomic E-state index is 0.231. The van der Waals surface area contributed by atoms with Crippen molar-refractivity contribution < 1.29 is 18.0 Å². The van der Waals surface area contributed by atoms with Crippen LogP contribution < -0.4 is 5.32 Å². The molecule has 1 aromatic heterocycles. The topological polar surface area (TPSA) is 95.4 Å². The Morgan fingerprint density at radius 2 is 1.81 bits per heavy atom.